The Labute approximate surface area is 138 Å². The SMILES string of the molecule is C=C/C=C(\C=C/C)C(=O)NC.CCc1c(CO)cnc(C)c1O. The topological polar surface area (TPSA) is 82.5 Å². The van der Waals surface area contributed by atoms with Gasteiger partial charge in [-0.1, -0.05) is 37.8 Å². The third-order valence-corrected chi connectivity index (χ3v) is 3.09. The van der Waals surface area contributed by atoms with E-state index in [0.717, 1.165) is 5.56 Å². The van der Waals surface area contributed by atoms with Gasteiger partial charge in [0.15, 0.2) is 0 Å². The Balaban J connectivity index is 0.000000423. The van der Waals surface area contributed by atoms with E-state index in [1.165, 1.54) is 0 Å². The van der Waals surface area contributed by atoms with Gasteiger partial charge in [-0.3, -0.25) is 9.78 Å². The van der Waals surface area contributed by atoms with Crippen molar-refractivity contribution < 1.29 is 15.0 Å². The van der Waals surface area contributed by atoms with Crippen molar-refractivity contribution in [3.8, 4) is 5.75 Å². The molecule has 0 fully saturated rings. The number of aliphatic hydroxyl groups is 1. The van der Waals surface area contributed by atoms with E-state index >= 15 is 0 Å². The highest BCUT2D eigenvalue weighted by Gasteiger charge is 2.08. The number of aromatic hydroxyl groups is 1. The van der Waals surface area contributed by atoms with Crippen LogP contribution in [0.1, 0.15) is 30.7 Å². The van der Waals surface area contributed by atoms with Crippen LogP contribution in [0.4, 0.5) is 0 Å². The Kier molecular flexibility index (Phi) is 10.0. The molecule has 1 amide bonds. The number of aromatic nitrogens is 1. The molecular weight excluding hydrogens is 292 g/mol. The quantitative estimate of drug-likeness (QED) is 0.575. The van der Waals surface area contributed by atoms with E-state index in [2.05, 4.69) is 16.9 Å². The molecule has 5 heteroatoms. The molecule has 0 saturated heterocycles. The maximum absolute atomic E-state index is 11.0. The van der Waals surface area contributed by atoms with Crippen LogP contribution in [-0.4, -0.2) is 28.2 Å². The first-order valence-corrected chi connectivity index (χ1v) is 7.41. The van der Waals surface area contributed by atoms with Crippen LogP contribution in [0.2, 0.25) is 0 Å². The number of carbonyl (C=O) groups excluding carboxylic acids is 1. The molecule has 0 saturated carbocycles. The van der Waals surface area contributed by atoms with E-state index in [1.54, 1.807) is 38.4 Å². The van der Waals surface area contributed by atoms with Crippen molar-refractivity contribution >= 4 is 5.91 Å². The molecule has 0 aliphatic heterocycles. The summed E-state index contributed by atoms with van der Waals surface area (Å²) in [7, 11) is 1.60. The number of rotatable bonds is 5. The van der Waals surface area contributed by atoms with Crippen LogP contribution in [0.3, 0.4) is 0 Å². The van der Waals surface area contributed by atoms with Gasteiger partial charge in [-0.15, -0.1) is 0 Å². The molecule has 3 N–H and O–H groups in total. The molecule has 1 rings (SSSR count). The molecule has 1 heterocycles. The second kappa shape index (κ2) is 11.2. The summed E-state index contributed by atoms with van der Waals surface area (Å²) in [5, 5.41) is 21.0. The number of amides is 1. The first-order chi connectivity index (χ1) is 11.0. The average Bonchev–Trinajstić information content (AvgIpc) is 2.56. The highest BCUT2D eigenvalue weighted by Crippen LogP contribution is 2.23. The third kappa shape index (κ3) is 6.48. The highest BCUT2D eigenvalue weighted by atomic mass is 16.3. The molecule has 1 aromatic heterocycles. The summed E-state index contributed by atoms with van der Waals surface area (Å²) in [6.45, 7) is 8.99. The molecule has 23 heavy (non-hydrogen) atoms. The Morgan fingerprint density at radius 3 is 2.57 bits per heavy atom. The van der Waals surface area contributed by atoms with E-state index in [9.17, 15) is 9.90 Å². The number of pyridine rings is 1. The number of nitrogens with one attached hydrogen (secondary N) is 1. The molecule has 5 nitrogen and oxygen atoms in total. The molecule has 0 bridgehead atoms. The van der Waals surface area contributed by atoms with Crippen molar-refractivity contribution in [3.63, 3.8) is 0 Å². The first kappa shape index (κ1) is 20.6. The van der Waals surface area contributed by atoms with E-state index in [-0.39, 0.29) is 18.3 Å². The van der Waals surface area contributed by atoms with Gasteiger partial charge in [0, 0.05) is 29.9 Å². The Hall–Kier alpha value is -2.40. The monoisotopic (exact) mass is 318 g/mol. The standard InChI is InChI=1S/C9H13NO2.C9H13NO/c1-3-8-7(5-11)4-10-6(2)9(8)12;1-4-6-8(7-5-2)9(11)10-3/h4,11-12H,3,5H2,1-2H3;4-7H,1H2,2-3H3,(H,10,11)/b;7-5-,8-6+. The molecule has 0 spiro atoms. The fourth-order valence-corrected chi connectivity index (χ4v) is 1.87. The number of aliphatic hydroxyl groups excluding tert-OH is 1. The highest BCUT2D eigenvalue weighted by molar-refractivity contribution is 5.96. The van der Waals surface area contributed by atoms with Crippen molar-refractivity contribution in [1.29, 1.82) is 0 Å². The number of hydrogen-bond donors (Lipinski definition) is 3. The van der Waals surface area contributed by atoms with Crippen LogP contribution in [0, 0.1) is 6.92 Å². The fraction of sp³-hybridized carbons (Fsp3) is 0.333. The van der Waals surface area contributed by atoms with Gasteiger partial charge in [-0.25, -0.2) is 0 Å². The van der Waals surface area contributed by atoms with Crippen molar-refractivity contribution in [2.45, 2.75) is 33.8 Å². The minimum Gasteiger partial charge on any atom is -0.506 e. The van der Waals surface area contributed by atoms with Crippen LogP contribution in [0.5, 0.6) is 5.75 Å². The Bertz CT molecular complexity index is 590. The van der Waals surface area contributed by atoms with Crippen molar-refractivity contribution in [2.75, 3.05) is 7.05 Å². The zero-order valence-corrected chi connectivity index (χ0v) is 14.3. The molecule has 1 aromatic rings. The van der Waals surface area contributed by atoms with Crippen LogP contribution < -0.4 is 5.32 Å². The van der Waals surface area contributed by atoms with E-state index in [1.807, 2.05) is 19.9 Å². The number of nitrogens with zero attached hydrogens (tertiary/aromatic N) is 1. The lowest BCUT2D eigenvalue weighted by Gasteiger charge is -2.08. The van der Waals surface area contributed by atoms with Gasteiger partial charge in [0.2, 0.25) is 0 Å². The summed E-state index contributed by atoms with van der Waals surface area (Å²) in [5.41, 5.74) is 2.74. The van der Waals surface area contributed by atoms with E-state index < -0.39 is 0 Å². The number of carbonyl (C=O) groups is 1. The molecule has 0 aliphatic rings. The number of aryl methyl sites for hydroxylation is 1. The molecule has 126 valence electrons. The summed E-state index contributed by atoms with van der Waals surface area (Å²) >= 11 is 0. The van der Waals surface area contributed by atoms with Crippen LogP contribution in [0.25, 0.3) is 0 Å². The normalized spacial score (nSPS) is 10.9. The summed E-state index contributed by atoms with van der Waals surface area (Å²) in [6.07, 6.45) is 9.12. The predicted octanol–water partition coefficient (Wildman–Crippen LogP) is 2.57. The second-order valence-corrected chi connectivity index (χ2v) is 4.64. The van der Waals surface area contributed by atoms with Crippen LogP contribution in [0.15, 0.2) is 42.7 Å². The lowest BCUT2D eigenvalue weighted by Crippen LogP contribution is -2.18. The average molecular weight is 318 g/mol. The Morgan fingerprint density at radius 2 is 2.13 bits per heavy atom. The molecule has 0 aromatic carbocycles. The van der Waals surface area contributed by atoms with E-state index in [0.29, 0.717) is 23.3 Å². The smallest absolute Gasteiger partial charge is 0.251 e. The molecule has 0 atom stereocenters. The predicted molar refractivity (Wildman–Crippen MR) is 93.1 cm³/mol. The summed E-state index contributed by atoms with van der Waals surface area (Å²) in [4.78, 5) is 15.0. The van der Waals surface area contributed by atoms with Crippen molar-refractivity contribution in [2.24, 2.45) is 0 Å². The second-order valence-electron chi connectivity index (χ2n) is 4.64. The number of hydrogen-bond acceptors (Lipinski definition) is 4. The van der Waals surface area contributed by atoms with Gasteiger partial charge in [0.1, 0.15) is 5.75 Å². The summed E-state index contributed by atoms with van der Waals surface area (Å²) < 4.78 is 0. The van der Waals surface area contributed by atoms with Crippen molar-refractivity contribution in [3.05, 3.63) is 59.5 Å². The summed E-state index contributed by atoms with van der Waals surface area (Å²) in [5.74, 6) is 0.118. The van der Waals surface area contributed by atoms with E-state index in [4.69, 9.17) is 5.11 Å². The third-order valence-electron chi connectivity index (χ3n) is 3.09. The summed E-state index contributed by atoms with van der Waals surface area (Å²) in [6, 6.07) is 0. The van der Waals surface area contributed by atoms with Gasteiger partial charge in [0.25, 0.3) is 5.91 Å². The van der Waals surface area contributed by atoms with Gasteiger partial charge in [-0.2, -0.15) is 0 Å². The van der Waals surface area contributed by atoms with Gasteiger partial charge >= 0.3 is 0 Å². The number of allylic oxidation sites excluding steroid dienone is 3. The largest absolute Gasteiger partial charge is 0.506 e. The lowest BCUT2D eigenvalue weighted by atomic mass is 10.1. The van der Waals surface area contributed by atoms with Crippen LogP contribution >= 0.6 is 0 Å². The maximum atomic E-state index is 11.0. The lowest BCUT2D eigenvalue weighted by molar-refractivity contribution is -0.116. The molecular formula is C18H26N2O3. The zero-order chi connectivity index (χ0) is 17.8. The molecule has 0 aliphatic carbocycles. The van der Waals surface area contributed by atoms with Crippen molar-refractivity contribution in [1.82, 2.24) is 10.3 Å². The molecule has 0 unspecified atom stereocenters. The number of likely N-dealkylation sites (N-methyl/N-ethyl adjacent to an activating group) is 1. The fourth-order valence-electron chi connectivity index (χ4n) is 1.87. The Morgan fingerprint density at radius 1 is 1.48 bits per heavy atom. The van der Waals surface area contributed by atoms with Crippen LogP contribution in [-0.2, 0) is 17.8 Å². The minimum absolute atomic E-state index is 0.0655. The minimum atomic E-state index is -0.0944. The van der Waals surface area contributed by atoms with Gasteiger partial charge in [0.05, 0.1) is 12.3 Å². The zero-order valence-electron chi connectivity index (χ0n) is 14.3. The maximum Gasteiger partial charge on any atom is 0.251 e. The van der Waals surface area contributed by atoms with Gasteiger partial charge in [-0.05, 0) is 20.3 Å². The first-order valence-electron chi connectivity index (χ1n) is 7.41. The van der Waals surface area contributed by atoms with Gasteiger partial charge < -0.3 is 15.5 Å². The molecule has 0 radical (unpaired) electrons.